The lowest BCUT2D eigenvalue weighted by atomic mass is 10.1. The highest BCUT2D eigenvalue weighted by atomic mass is 16.7. The van der Waals surface area contributed by atoms with Crippen molar-refractivity contribution in [2.24, 2.45) is 16.6 Å². The first-order valence-electron chi connectivity index (χ1n) is 7.64. The van der Waals surface area contributed by atoms with Crippen LogP contribution in [-0.4, -0.2) is 35.3 Å². The zero-order valence-corrected chi connectivity index (χ0v) is 13.9. The Kier molecular flexibility index (Phi) is 8.00. The molecule has 1 aromatic rings. The third-order valence-corrected chi connectivity index (χ3v) is 3.42. The number of benzene rings is 1. The van der Waals surface area contributed by atoms with Crippen LogP contribution >= 0.6 is 0 Å². The van der Waals surface area contributed by atoms with Gasteiger partial charge in [-0.2, -0.15) is 0 Å². The van der Waals surface area contributed by atoms with E-state index in [0.717, 1.165) is 5.56 Å². The highest BCUT2D eigenvalue weighted by molar-refractivity contribution is 5.94. The largest absolute Gasteiger partial charge is 0.368 e. The number of rotatable bonds is 10. The van der Waals surface area contributed by atoms with Gasteiger partial charge in [0.05, 0.1) is 6.04 Å². The molecule has 0 radical (unpaired) electrons. The summed E-state index contributed by atoms with van der Waals surface area (Å²) in [6.07, 6.45) is 0.942. The van der Waals surface area contributed by atoms with E-state index in [-0.39, 0.29) is 11.7 Å². The number of nitrogens with one attached hydrogen (secondary N) is 2. The van der Waals surface area contributed by atoms with Gasteiger partial charge in [0.15, 0.2) is 10.8 Å². The maximum absolute atomic E-state index is 11.5. The van der Waals surface area contributed by atoms with Crippen LogP contribution in [-0.2, 0) is 11.3 Å². The van der Waals surface area contributed by atoms with Gasteiger partial charge in [-0.1, -0.05) is 24.3 Å². The predicted octanol–water partition coefficient (Wildman–Crippen LogP) is -0.291. The quantitative estimate of drug-likeness (QED) is 0.112. The molecule has 1 aromatic carbocycles. The monoisotopic (exact) mass is 350 g/mol. The van der Waals surface area contributed by atoms with E-state index < -0.39 is 17.0 Å². The molecular weight excluding hydrogens is 328 g/mol. The van der Waals surface area contributed by atoms with E-state index in [2.05, 4.69) is 15.7 Å². The van der Waals surface area contributed by atoms with E-state index in [9.17, 15) is 19.7 Å². The first-order chi connectivity index (χ1) is 11.8. The number of carbonyl (C=O) groups excluding carboxylic acids is 2. The molecule has 0 heterocycles. The smallest absolute Gasteiger partial charge is 0.266 e. The van der Waals surface area contributed by atoms with Crippen molar-refractivity contribution in [1.82, 2.24) is 10.6 Å². The maximum atomic E-state index is 11.5. The SMILES string of the molecule is CC(=O)c1ccc(CN[C@H](CCCNC(N)=N[N+](=O)[O-])C(N)=O)cc1. The van der Waals surface area contributed by atoms with Crippen LogP contribution in [0.15, 0.2) is 29.4 Å². The topological polar surface area (TPSA) is 166 Å². The van der Waals surface area contributed by atoms with Crippen LogP contribution in [0.1, 0.15) is 35.7 Å². The van der Waals surface area contributed by atoms with E-state index in [1.807, 2.05) is 0 Å². The zero-order chi connectivity index (χ0) is 18.8. The van der Waals surface area contributed by atoms with Crippen molar-refractivity contribution >= 4 is 17.6 Å². The van der Waals surface area contributed by atoms with Gasteiger partial charge >= 0.3 is 0 Å². The Hall–Kier alpha value is -3.01. The summed E-state index contributed by atoms with van der Waals surface area (Å²) in [7, 11) is 0. The second kappa shape index (κ2) is 9.98. The molecule has 0 aliphatic rings. The third-order valence-electron chi connectivity index (χ3n) is 3.42. The highest BCUT2D eigenvalue weighted by Gasteiger charge is 2.14. The number of ketones is 1. The van der Waals surface area contributed by atoms with Crippen LogP contribution in [0.2, 0.25) is 0 Å². The fraction of sp³-hybridized carbons (Fsp3) is 0.400. The van der Waals surface area contributed by atoms with Crippen LogP contribution in [0.4, 0.5) is 0 Å². The second-order valence-electron chi connectivity index (χ2n) is 5.38. The van der Waals surface area contributed by atoms with Gasteiger partial charge in [0.25, 0.3) is 5.96 Å². The molecule has 1 atom stereocenters. The lowest BCUT2D eigenvalue weighted by Crippen LogP contribution is -2.41. The molecule has 0 aromatic heterocycles. The standard InChI is InChI=1S/C15H22N6O4/c1-10(22)12-6-4-11(5-7-12)9-19-13(14(16)23)3-2-8-18-15(17)20-21(24)25/h4-7,13,19H,2-3,8-9H2,1H3,(H2,16,23)(H3,17,18,20)/t13-/m1/s1. The molecule has 1 rings (SSSR count). The number of hydrogen-bond donors (Lipinski definition) is 4. The third kappa shape index (κ3) is 7.88. The van der Waals surface area contributed by atoms with E-state index in [0.29, 0.717) is 31.5 Å². The molecule has 0 unspecified atom stereocenters. The van der Waals surface area contributed by atoms with E-state index in [4.69, 9.17) is 11.5 Å². The van der Waals surface area contributed by atoms with Gasteiger partial charge in [0.1, 0.15) is 5.10 Å². The number of hydrogen-bond acceptors (Lipinski definition) is 5. The lowest BCUT2D eigenvalue weighted by Gasteiger charge is -2.15. The van der Waals surface area contributed by atoms with Crippen LogP contribution in [0.25, 0.3) is 0 Å². The zero-order valence-electron chi connectivity index (χ0n) is 13.9. The number of carbonyl (C=O) groups is 2. The summed E-state index contributed by atoms with van der Waals surface area (Å²) >= 11 is 0. The van der Waals surface area contributed by atoms with Crippen molar-refractivity contribution in [3.63, 3.8) is 0 Å². The fourth-order valence-electron chi connectivity index (χ4n) is 2.09. The van der Waals surface area contributed by atoms with Crippen LogP contribution in [0, 0.1) is 10.1 Å². The van der Waals surface area contributed by atoms with Gasteiger partial charge < -0.3 is 22.1 Å². The maximum Gasteiger partial charge on any atom is 0.266 e. The van der Waals surface area contributed by atoms with Gasteiger partial charge in [0.2, 0.25) is 5.91 Å². The second-order valence-corrected chi connectivity index (χ2v) is 5.38. The summed E-state index contributed by atoms with van der Waals surface area (Å²) in [5.41, 5.74) is 12.2. The molecule has 0 aliphatic carbocycles. The van der Waals surface area contributed by atoms with Crippen molar-refractivity contribution in [2.75, 3.05) is 6.54 Å². The number of nitro groups is 1. The molecular formula is C15H22N6O4. The van der Waals surface area contributed by atoms with Gasteiger partial charge in [-0.15, -0.1) is 0 Å². The van der Waals surface area contributed by atoms with Crippen molar-refractivity contribution in [3.8, 4) is 0 Å². The summed E-state index contributed by atoms with van der Waals surface area (Å²) in [4.78, 5) is 32.8. The van der Waals surface area contributed by atoms with Gasteiger partial charge in [-0.3, -0.25) is 9.59 Å². The molecule has 0 bridgehead atoms. The molecule has 6 N–H and O–H groups in total. The van der Waals surface area contributed by atoms with E-state index in [1.165, 1.54) is 6.92 Å². The highest BCUT2D eigenvalue weighted by Crippen LogP contribution is 2.06. The Morgan fingerprint density at radius 3 is 2.44 bits per heavy atom. The number of nitrogens with two attached hydrogens (primary N) is 2. The molecule has 0 fully saturated rings. The van der Waals surface area contributed by atoms with Crippen LogP contribution in [0.5, 0.6) is 0 Å². The minimum absolute atomic E-state index is 0.0121. The Balaban J connectivity index is 2.43. The van der Waals surface area contributed by atoms with E-state index in [1.54, 1.807) is 24.3 Å². The summed E-state index contributed by atoms with van der Waals surface area (Å²) in [5.74, 6) is -0.798. The lowest BCUT2D eigenvalue weighted by molar-refractivity contribution is -0.485. The number of guanidine groups is 1. The molecule has 0 aliphatic heterocycles. The van der Waals surface area contributed by atoms with Gasteiger partial charge in [0, 0.05) is 18.7 Å². The van der Waals surface area contributed by atoms with E-state index >= 15 is 0 Å². The average molecular weight is 350 g/mol. The summed E-state index contributed by atoms with van der Waals surface area (Å²) in [6.45, 7) is 2.24. The van der Waals surface area contributed by atoms with Crippen molar-refractivity contribution < 1.29 is 14.6 Å². The first-order valence-corrected chi connectivity index (χ1v) is 7.64. The fourth-order valence-corrected chi connectivity index (χ4v) is 2.09. The molecule has 0 saturated carbocycles. The summed E-state index contributed by atoms with van der Waals surface area (Å²) in [6, 6.07) is 6.50. The van der Waals surface area contributed by atoms with Gasteiger partial charge in [-0.25, -0.2) is 10.1 Å². The molecule has 0 spiro atoms. The number of Topliss-reactive ketones (excluding diaryl/α,β-unsaturated/α-hetero) is 1. The molecule has 0 saturated heterocycles. The Bertz CT molecular complexity index is 644. The van der Waals surface area contributed by atoms with Crippen molar-refractivity contribution in [2.45, 2.75) is 32.4 Å². The minimum atomic E-state index is -0.895. The number of primary amides is 1. The Morgan fingerprint density at radius 2 is 1.92 bits per heavy atom. The number of amides is 1. The molecule has 136 valence electrons. The number of nitrogens with zero attached hydrogens (tertiary/aromatic N) is 2. The summed E-state index contributed by atoms with van der Waals surface area (Å²) < 4.78 is 0. The van der Waals surface area contributed by atoms with Crippen molar-refractivity contribution in [1.29, 1.82) is 0 Å². The normalized spacial score (nSPS) is 12.4. The predicted molar refractivity (Wildman–Crippen MR) is 92.1 cm³/mol. The molecule has 10 heteroatoms. The molecule has 10 nitrogen and oxygen atoms in total. The molecule has 1 amide bonds. The average Bonchev–Trinajstić information content (AvgIpc) is 2.53. The molecule has 25 heavy (non-hydrogen) atoms. The van der Waals surface area contributed by atoms with Crippen molar-refractivity contribution in [3.05, 3.63) is 45.5 Å². The Labute approximate surface area is 144 Å². The van der Waals surface area contributed by atoms with Crippen LogP contribution < -0.4 is 22.1 Å². The Morgan fingerprint density at radius 1 is 1.28 bits per heavy atom. The summed E-state index contributed by atoms with van der Waals surface area (Å²) in [5, 5.41) is 17.8. The minimum Gasteiger partial charge on any atom is -0.368 e. The first kappa shape index (κ1) is 20.0. The number of hydrazone groups is 1. The van der Waals surface area contributed by atoms with Gasteiger partial charge in [-0.05, 0) is 25.3 Å². The van der Waals surface area contributed by atoms with Crippen LogP contribution in [0.3, 0.4) is 0 Å².